The van der Waals surface area contributed by atoms with Gasteiger partial charge in [0.2, 0.25) is 0 Å². The largest absolute Gasteiger partial charge is 0.399 e. The van der Waals surface area contributed by atoms with Gasteiger partial charge in [-0.05, 0) is 42.6 Å². The zero-order valence-corrected chi connectivity index (χ0v) is 13.2. The van der Waals surface area contributed by atoms with Crippen molar-refractivity contribution in [3.05, 3.63) is 65.7 Å². The molecule has 0 saturated carbocycles. The molecule has 0 radical (unpaired) electrons. The summed E-state index contributed by atoms with van der Waals surface area (Å²) >= 11 is 0. The molecule has 0 aliphatic heterocycles. The minimum atomic E-state index is -0.465. The fourth-order valence-corrected chi connectivity index (χ4v) is 2.65. The van der Waals surface area contributed by atoms with E-state index in [1.807, 2.05) is 42.5 Å². The maximum atomic E-state index is 10.6. The van der Waals surface area contributed by atoms with Crippen LogP contribution in [0.4, 0.5) is 5.69 Å². The number of hydrogen-bond donors (Lipinski definition) is 3. The quantitative estimate of drug-likeness (QED) is 0.655. The minimum Gasteiger partial charge on any atom is -0.399 e. The van der Waals surface area contributed by atoms with E-state index in [1.54, 1.807) is 0 Å². The molecular formula is C19H26N2O. The van der Waals surface area contributed by atoms with Gasteiger partial charge in [-0.25, -0.2) is 0 Å². The standard InChI is InChI=1S/C19H26N2O/c1-2-6-18(19(22)16-7-4-3-5-8-16)21-14-13-15-9-11-17(20)12-10-15/h3-5,7-12,18-19,21-22H,2,6,13-14,20H2,1H3/t18-,19-/m1/s1. The molecule has 4 N–H and O–H groups in total. The van der Waals surface area contributed by atoms with Gasteiger partial charge in [0.05, 0.1) is 6.10 Å². The first-order chi connectivity index (χ1) is 10.7. The highest BCUT2D eigenvalue weighted by atomic mass is 16.3. The summed E-state index contributed by atoms with van der Waals surface area (Å²) in [7, 11) is 0. The second-order valence-corrected chi connectivity index (χ2v) is 5.70. The van der Waals surface area contributed by atoms with E-state index in [4.69, 9.17) is 5.73 Å². The molecule has 3 nitrogen and oxygen atoms in total. The summed E-state index contributed by atoms with van der Waals surface area (Å²) in [5.74, 6) is 0. The van der Waals surface area contributed by atoms with Crippen LogP contribution in [0.2, 0.25) is 0 Å². The van der Waals surface area contributed by atoms with Crippen LogP contribution in [0.15, 0.2) is 54.6 Å². The van der Waals surface area contributed by atoms with Crippen molar-refractivity contribution in [2.45, 2.75) is 38.3 Å². The van der Waals surface area contributed by atoms with Gasteiger partial charge < -0.3 is 16.2 Å². The van der Waals surface area contributed by atoms with E-state index in [9.17, 15) is 5.11 Å². The molecule has 0 aromatic heterocycles. The van der Waals surface area contributed by atoms with Gasteiger partial charge in [0.25, 0.3) is 0 Å². The average Bonchev–Trinajstić information content (AvgIpc) is 2.56. The molecule has 118 valence electrons. The molecule has 0 saturated heterocycles. The van der Waals surface area contributed by atoms with Crippen LogP contribution in [0, 0.1) is 0 Å². The Hall–Kier alpha value is -1.84. The first kappa shape index (κ1) is 16.5. The van der Waals surface area contributed by atoms with Crippen LogP contribution in [0.1, 0.15) is 37.0 Å². The maximum Gasteiger partial charge on any atom is 0.0942 e. The first-order valence-corrected chi connectivity index (χ1v) is 8.01. The molecule has 0 heterocycles. The lowest BCUT2D eigenvalue weighted by atomic mass is 9.98. The molecular weight excluding hydrogens is 272 g/mol. The third-order valence-electron chi connectivity index (χ3n) is 3.92. The van der Waals surface area contributed by atoms with Crippen LogP contribution in [0.25, 0.3) is 0 Å². The third-order valence-corrected chi connectivity index (χ3v) is 3.92. The molecule has 0 aliphatic carbocycles. The Kier molecular flexibility index (Phi) is 6.44. The van der Waals surface area contributed by atoms with Crippen molar-refractivity contribution in [1.82, 2.24) is 5.32 Å². The maximum absolute atomic E-state index is 10.6. The Morgan fingerprint density at radius 3 is 2.36 bits per heavy atom. The number of nitrogens with one attached hydrogen (secondary N) is 1. The lowest BCUT2D eigenvalue weighted by Gasteiger charge is -2.24. The lowest BCUT2D eigenvalue weighted by molar-refractivity contribution is 0.123. The van der Waals surface area contributed by atoms with Gasteiger partial charge in [-0.15, -0.1) is 0 Å². The number of rotatable bonds is 8. The number of benzene rings is 2. The van der Waals surface area contributed by atoms with Crippen LogP contribution < -0.4 is 11.1 Å². The Morgan fingerprint density at radius 1 is 1.05 bits per heavy atom. The van der Waals surface area contributed by atoms with Gasteiger partial charge in [0, 0.05) is 11.7 Å². The normalized spacial score (nSPS) is 13.7. The van der Waals surface area contributed by atoms with Crippen molar-refractivity contribution < 1.29 is 5.11 Å². The Labute approximate surface area is 133 Å². The second kappa shape index (κ2) is 8.57. The Morgan fingerprint density at radius 2 is 1.73 bits per heavy atom. The SMILES string of the molecule is CCC[C@@H](NCCc1ccc(N)cc1)[C@H](O)c1ccccc1. The summed E-state index contributed by atoms with van der Waals surface area (Å²) < 4.78 is 0. The topological polar surface area (TPSA) is 58.3 Å². The van der Waals surface area contributed by atoms with Crippen molar-refractivity contribution in [3.8, 4) is 0 Å². The first-order valence-electron chi connectivity index (χ1n) is 8.01. The van der Waals surface area contributed by atoms with E-state index >= 15 is 0 Å². The Balaban J connectivity index is 1.90. The molecule has 2 aromatic rings. The van der Waals surface area contributed by atoms with E-state index in [1.165, 1.54) is 5.56 Å². The fraction of sp³-hybridized carbons (Fsp3) is 0.368. The molecule has 3 heteroatoms. The van der Waals surface area contributed by atoms with Gasteiger partial charge >= 0.3 is 0 Å². The number of aliphatic hydroxyl groups is 1. The molecule has 2 aromatic carbocycles. The molecule has 0 unspecified atom stereocenters. The molecule has 0 bridgehead atoms. The molecule has 2 rings (SSSR count). The fourth-order valence-electron chi connectivity index (χ4n) is 2.65. The number of anilines is 1. The van der Waals surface area contributed by atoms with Crippen molar-refractivity contribution in [2.24, 2.45) is 0 Å². The lowest BCUT2D eigenvalue weighted by Crippen LogP contribution is -2.36. The summed E-state index contributed by atoms with van der Waals surface area (Å²) in [4.78, 5) is 0. The van der Waals surface area contributed by atoms with E-state index < -0.39 is 6.10 Å². The number of hydrogen-bond acceptors (Lipinski definition) is 3. The van der Waals surface area contributed by atoms with Crippen LogP contribution in [0.3, 0.4) is 0 Å². The minimum absolute atomic E-state index is 0.0844. The summed E-state index contributed by atoms with van der Waals surface area (Å²) in [6, 6.07) is 17.9. The van der Waals surface area contributed by atoms with Crippen molar-refractivity contribution in [2.75, 3.05) is 12.3 Å². The van der Waals surface area contributed by atoms with Crippen molar-refractivity contribution in [1.29, 1.82) is 0 Å². The highest BCUT2D eigenvalue weighted by Crippen LogP contribution is 2.19. The van der Waals surface area contributed by atoms with Gasteiger partial charge in [-0.2, -0.15) is 0 Å². The summed E-state index contributed by atoms with van der Waals surface area (Å²) in [6.45, 7) is 2.99. The number of nitrogen functional groups attached to an aromatic ring is 1. The second-order valence-electron chi connectivity index (χ2n) is 5.70. The van der Waals surface area contributed by atoms with E-state index in [0.717, 1.165) is 37.1 Å². The van der Waals surface area contributed by atoms with Crippen molar-refractivity contribution in [3.63, 3.8) is 0 Å². The van der Waals surface area contributed by atoms with E-state index in [2.05, 4.69) is 24.4 Å². The predicted octanol–water partition coefficient (Wildman–Crippen LogP) is 3.30. The van der Waals surface area contributed by atoms with E-state index in [0.29, 0.717) is 0 Å². The summed E-state index contributed by atoms with van der Waals surface area (Å²) in [6.07, 6.45) is 2.47. The zero-order chi connectivity index (χ0) is 15.8. The van der Waals surface area contributed by atoms with Gasteiger partial charge in [0.1, 0.15) is 0 Å². The van der Waals surface area contributed by atoms with Crippen LogP contribution >= 0.6 is 0 Å². The number of aliphatic hydroxyl groups excluding tert-OH is 1. The summed E-state index contributed by atoms with van der Waals surface area (Å²) in [5, 5.41) is 14.1. The molecule has 0 aliphatic rings. The highest BCUT2D eigenvalue weighted by molar-refractivity contribution is 5.39. The van der Waals surface area contributed by atoms with Gasteiger partial charge in [-0.1, -0.05) is 55.8 Å². The zero-order valence-electron chi connectivity index (χ0n) is 13.2. The molecule has 22 heavy (non-hydrogen) atoms. The predicted molar refractivity (Wildman–Crippen MR) is 92.7 cm³/mol. The van der Waals surface area contributed by atoms with Gasteiger partial charge in [-0.3, -0.25) is 0 Å². The molecule has 2 atom stereocenters. The average molecular weight is 298 g/mol. The molecule has 0 spiro atoms. The number of nitrogens with two attached hydrogens (primary N) is 1. The van der Waals surface area contributed by atoms with Crippen LogP contribution in [0.5, 0.6) is 0 Å². The monoisotopic (exact) mass is 298 g/mol. The smallest absolute Gasteiger partial charge is 0.0942 e. The molecule has 0 fully saturated rings. The molecule has 0 amide bonds. The van der Waals surface area contributed by atoms with Crippen LogP contribution in [-0.2, 0) is 6.42 Å². The highest BCUT2D eigenvalue weighted by Gasteiger charge is 2.19. The van der Waals surface area contributed by atoms with E-state index in [-0.39, 0.29) is 6.04 Å². The Bertz CT molecular complexity index is 539. The summed E-state index contributed by atoms with van der Waals surface area (Å²) in [5.41, 5.74) is 8.72. The third kappa shape index (κ3) is 4.86. The van der Waals surface area contributed by atoms with Gasteiger partial charge in [0.15, 0.2) is 0 Å². The van der Waals surface area contributed by atoms with Crippen molar-refractivity contribution >= 4 is 5.69 Å². The van der Waals surface area contributed by atoms with Crippen LogP contribution in [-0.4, -0.2) is 17.7 Å².